The standard InChI is InChI=1S/C50H59ClN8O7S/c1-4-50(61)18-13-33(14-19-50)31-53-42-12-10-39(29-44(42)59(62)63)67(64,65)55-47(60)40-11-9-38(28-43(40)58-25-26-66-48-45(58)27-35-16-20-52-46(35)54-48)57-23-21-56(22-24-57)32-36-15-17-49(2,3)30-41(36)34-5-7-37(51)8-6-34/h5-12,16,20,27-29,33,53,61H,4,13-15,17-19,21-26,30-32H2,1-3H3,(H,52,54)(H,55,60). The Morgan fingerprint density at radius 3 is 2.48 bits per heavy atom. The second-order valence-corrected chi connectivity index (χ2v) is 21.5. The highest BCUT2D eigenvalue weighted by Crippen LogP contribution is 2.44. The Kier molecular flexibility index (Phi) is 13.0. The van der Waals surface area contributed by atoms with Crippen LogP contribution in [-0.2, 0) is 10.0 Å². The zero-order chi connectivity index (χ0) is 47.1. The van der Waals surface area contributed by atoms with Gasteiger partial charge < -0.3 is 29.9 Å². The molecule has 0 atom stereocenters. The first-order chi connectivity index (χ1) is 32.1. The Bertz CT molecular complexity index is 2810. The lowest BCUT2D eigenvalue weighted by molar-refractivity contribution is -0.384. The summed E-state index contributed by atoms with van der Waals surface area (Å²) in [4.78, 5) is 40.2. The van der Waals surface area contributed by atoms with Crippen LogP contribution in [0.2, 0.25) is 5.02 Å². The van der Waals surface area contributed by atoms with E-state index in [1.807, 2.05) is 48.2 Å². The molecule has 4 N–H and O–H groups in total. The van der Waals surface area contributed by atoms with Gasteiger partial charge in [-0.25, -0.2) is 13.1 Å². The molecule has 2 aliphatic carbocycles. The van der Waals surface area contributed by atoms with Gasteiger partial charge in [0.05, 0.1) is 33.2 Å². The quantitative estimate of drug-likeness (QED) is 0.0649. The molecule has 0 unspecified atom stereocenters. The average Bonchev–Trinajstić information content (AvgIpc) is 3.78. The van der Waals surface area contributed by atoms with Crippen LogP contribution >= 0.6 is 11.6 Å². The van der Waals surface area contributed by atoms with Crippen molar-refractivity contribution in [1.29, 1.82) is 0 Å². The second-order valence-electron chi connectivity index (χ2n) is 19.4. The van der Waals surface area contributed by atoms with Gasteiger partial charge in [0.1, 0.15) is 23.6 Å². The molecule has 0 bridgehead atoms. The number of carbonyl (C=O) groups excluding carboxylic acids is 1. The number of fused-ring (bicyclic) bond motifs is 2. The number of ether oxygens (including phenoxy) is 1. The molecule has 4 aliphatic rings. The first-order valence-electron chi connectivity index (χ1n) is 23.4. The molecule has 17 heteroatoms. The van der Waals surface area contributed by atoms with Crippen LogP contribution in [0.4, 0.5) is 28.4 Å². The number of carbonyl (C=O) groups is 1. The van der Waals surface area contributed by atoms with Gasteiger partial charge in [-0.1, -0.05) is 50.1 Å². The number of anilines is 4. The summed E-state index contributed by atoms with van der Waals surface area (Å²) in [5.74, 6) is -0.302. The first kappa shape index (κ1) is 46.4. The van der Waals surface area contributed by atoms with E-state index in [9.17, 15) is 28.4 Å². The number of H-pyrrole nitrogens is 1. The molecule has 15 nitrogen and oxygen atoms in total. The van der Waals surface area contributed by atoms with Crippen LogP contribution in [0.1, 0.15) is 88.1 Å². The highest BCUT2D eigenvalue weighted by atomic mass is 35.5. The van der Waals surface area contributed by atoms with Crippen molar-refractivity contribution in [3.63, 3.8) is 0 Å². The number of nitrogens with zero attached hydrogens (tertiary/aromatic N) is 5. The monoisotopic (exact) mass is 950 g/mol. The van der Waals surface area contributed by atoms with E-state index >= 15 is 0 Å². The minimum atomic E-state index is -4.59. The molecule has 1 amide bonds. The van der Waals surface area contributed by atoms with Crippen molar-refractivity contribution in [3.05, 3.63) is 111 Å². The Morgan fingerprint density at radius 2 is 1.75 bits per heavy atom. The third-order valence-corrected chi connectivity index (χ3v) is 15.9. The van der Waals surface area contributed by atoms with Crippen LogP contribution in [0.15, 0.2) is 89.5 Å². The Balaban J connectivity index is 0.958. The van der Waals surface area contributed by atoms with Crippen molar-refractivity contribution in [2.24, 2.45) is 11.3 Å². The number of piperazine rings is 1. The van der Waals surface area contributed by atoms with E-state index in [4.69, 9.17) is 21.3 Å². The van der Waals surface area contributed by atoms with Crippen LogP contribution in [0.25, 0.3) is 16.6 Å². The number of aliphatic hydroxyl groups is 1. The van der Waals surface area contributed by atoms with Gasteiger partial charge in [-0.3, -0.25) is 19.8 Å². The van der Waals surface area contributed by atoms with Crippen molar-refractivity contribution in [2.75, 3.05) is 67.5 Å². The lowest BCUT2D eigenvalue weighted by Crippen LogP contribution is -2.47. The summed E-state index contributed by atoms with van der Waals surface area (Å²) < 4.78 is 36.2. The maximum absolute atomic E-state index is 14.4. The number of aromatic nitrogens is 2. The van der Waals surface area contributed by atoms with E-state index < -0.39 is 37.0 Å². The van der Waals surface area contributed by atoms with Crippen LogP contribution < -0.4 is 24.6 Å². The molecule has 67 heavy (non-hydrogen) atoms. The van der Waals surface area contributed by atoms with Gasteiger partial charge in [-0.05, 0) is 128 Å². The van der Waals surface area contributed by atoms with Gasteiger partial charge in [0.2, 0.25) is 5.88 Å². The molecule has 2 fully saturated rings. The van der Waals surface area contributed by atoms with E-state index in [2.05, 4.69) is 50.8 Å². The van der Waals surface area contributed by atoms with Crippen LogP contribution in [-0.4, -0.2) is 97.2 Å². The molecule has 5 aromatic rings. The zero-order valence-electron chi connectivity index (χ0n) is 38.3. The number of allylic oxidation sites excluding steroid dienone is 1. The molecule has 9 rings (SSSR count). The fourth-order valence-corrected chi connectivity index (χ4v) is 11.2. The van der Waals surface area contributed by atoms with Crippen molar-refractivity contribution in [1.82, 2.24) is 19.6 Å². The van der Waals surface area contributed by atoms with E-state index in [1.165, 1.54) is 28.8 Å². The molecule has 1 saturated carbocycles. The van der Waals surface area contributed by atoms with Crippen molar-refractivity contribution in [3.8, 4) is 5.88 Å². The summed E-state index contributed by atoms with van der Waals surface area (Å²) in [6.07, 6.45) is 8.53. The number of halogens is 1. The second kappa shape index (κ2) is 18.8. The summed E-state index contributed by atoms with van der Waals surface area (Å²) in [6, 6.07) is 21.1. The topological polar surface area (TPSA) is 186 Å². The van der Waals surface area contributed by atoms with Gasteiger partial charge in [-0.15, -0.1) is 0 Å². The van der Waals surface area contributed by atoms with Crippen LogP contribution in [0.3, 0.4) is 0 Å². The fourth-order valence-electron chi connectivity index (χ4n) is 10.1. The Morgan fingerprint density at radius 1 is 0.985 bits per heavy atom. The number of hydrogen-bond acceptors (Lipinski definition) is 12. The van der Waals surface area contributed by atoms with Gasteiger partial charge in [-0.2, -0.15) is 4.98 Å². The number of nitrogens with one attached hydrogen (secondary N) is 3. The number of hydrogen-bond donors (Lipinski definition) is 4. The summed E-state index contributed by atoms with van der Waals surface area (Å²) >= 11 is 6.27. The lowest BCUT2D eigenvalue weighted by Gasteiger charge is -2.39. The number of aromatic amines is 1. The zero-order valence-corrected chi connectivity index (χ0v) is 39.9. The van der Waals surface area contributed by atoms with Gasteiger partial charge in [0.15, 0.2) is 0 Å². The van der Waals surface area contributed by atoms with Crippen LogP contribution in [0, 0.1) is 21.4 Å². The highest BCUT2D eigenvalue weighted by molar-refractivity contribution is 7.90. The maximum atomic E-state index is 14.4. The third kappa shape index (κ3) is 10.1. The number of rotatable bonds is 13. The van der Waals surface area contributed by atoms with E-state index in [0.717, 1.165) is 87.0 Å². The van der Waals surface area contributed by atoms with Crippen LogP contribution in [0.5, 0.6) is 5.88 Å². The minimum Gasteiger partial charge on any atom is -0.474 e. The molecular weight excluding hydrogens is 892 g/mol. The number of nitro groups is 1. The van der Waals surface area contributed by atoms with Crippen molar-refractivity contribution < 1.29 is 28.0 Å². The minimum absolute atomic E-state index is 0.102. The smallest absolute Gasteiger partial charge is 0.293 e. The average molecular weight is 952 g/mol. The van der Waals surface area contributed by atoms with Gasteiger partial charge >= 0.3 is 0 Å². The summed E-state index contributed by atoms with van der Waals surface area (Å²) in [7, 11) is -4.59. The van der Waals surface area contributed by atoms with Gasteiger partial charge in [0, 0.05) is 67.6 Å². The molecule has 3 aromatic carbocycles. The van der Waals surface area contributed by atoms with Gasteiger partial charge in [0.25, 0.3) is 21.6 Å². The third-order valence-electron chi connectivity index (χ3n) is 14.4. The van der Waals surface area contributed by atoms with E-state index in [0.29, 0.717) is 55.3 Å². The predicted octanol–water partition coefficient (Wildman–Crippen LogP) is 9.30. The number of benzene rings is 3. The normalized spacial score (nSPS) is 21.2. The maximum Gasteiger partial charge on any atom is 0.293 e. The predicted molar refractivity (Wildman–Crippen MR) is 263 cm³/mol. The van der Waals surface area contributed by atoms with E-state index in [-0.39, 0.29) is 29.2 Å². The Labute approximate surface area is 396 Å². The SMILES string of the molecule is CCC1(O)CCC(CNc2ccc(S(=O)(=O)NC(=O)c3ccc(N4CCN(CC5=C(c6ccc(Cl)cc6)CC(C)(C)CC5)CC4)cc3N3CCOc4nc5[nH]ccc5cc43)cc2[N+](=O)[O-])CC1. The molecule has 0 radical (unpaired) electrons. The van der Waals surface area contributed by atoms with Crippen molar-refractivity contribution >= 4 is 72.6 Å². The number of amides is 1. The lowest BCUT2D eigenvalue weighted by atomic mass is 9.72. The summed E-state index contributed by atoms with van der Waals surface area (Å²) in [5.41, 5.74) is 6.17. The Hall–Kier alpha value is -5.68. The fraction of sp³-hybridized carbons (Fsp3) is 0.440. The number of nitro benzene ring substituents is 1. The first-order valence-corrected chi connectivity index (χ1v) is 25.2. The molecular formula is C50H59ClN8O7S. The molecule has 2 aromatic heterocycles. The molecule has 354 valence electrons. The molecule has 4 heterocycles. The largest absolute Gasteiger partial charge is 0.474 e. The van der Waals surface area contributed by atoms with E-state index in [1.54, 1.807) is 12.3 Å². The molecule has 1 saturated heterocycles. The number of sulfonamides is 1. The highest BCUT2D eigenvalue weighted by Gasteiger charge is 2.34. The number of pyridine rings is 1. The summed E-state index contributed by atoms with van der Waals surface area (Å²) in [5, 5.41) is 27.6. The molecule has 0 spiro atoms. The molecule has 2 aliphatic heterocycles. The summed E-state index contributed by atoms with van der Waals surface area (Å²) in [6.45, 7) is 11.7. The van der Waals surface area contributed by atoms with Crippen molar-refractivity contribution in [2.45, 2.75) is 82.6 Å².